The maximum absolute atomic E-state index is 13.7. The van der Waals surface area contributed by atoms with Crippen molar-refractivity contribution in [2.24, 2.45) is 0 Å². The van der Waals surface area contributed by atoms with E-state index in [1.54, 1.807) is 43.5 Å². The van der Waals surface area contributed by atoms with E-state index in [0.717, 1.165) is 31.2 Å². The lowest BCUT2D eigenvalue weighted by molar-refractivity contribution is -0.143. The van der Waals surface area contributed by atoms with Gasteiger partial charge in [0, 0.05) is 11.6 Å². The first-order chi connectivity index (χ1) is 18.1. The number of ether oxygens (including phenoxy) is 1. The number of hydrogen-bond acceptors (Lipinski definition) is 8. The number of carbonyl (C=O) groups is 2. The van der Waals surface area contributed by atoms with Crippen LogP contribution < -0.4 is 10.1 Å². The van der Waals surface area contributed by atoms with Gasteiger partial charge in [0.2, 0.25) is 11.7 Å². The summed E-state index contributed by atoms with van der Waals surface area (Å²) in [5, 5.41) is 15.6. The minimum atomic E-state index is -0.988. The molecule has 11 nitrogen and oxygen atoms in total. The number of nitrogens with zero attached hydrogens (tertiary/aromatic N) is 5. The van der Waals surface area contributed by atoms with Crippen molar-refractivity contribution in [3.63, 3.8) is 0 Å². The topological polar surface area (TPSA) is 129 Å². The van der Waals surface area contributed by atoms with Gasteiger partial charge in [-0.25, -0.2) is 0 Å². The Morgan fingerprint density at radius 1 is 1.11 bits per heavy atom. The third kappa shape index (κ3) is 5.71. The number of hydrogen-bond donors (Lipinski definition) is 1. The molecule has 1 aromatic carbocycles. The molecule has 4 aromatic rings. The largest absolute Gasteiger partial charge is 0.497 e. The Bertz CT molecular complexity index is 1290. The zero-order chi connectivity index (χ0) is 25.6. The highest BCUT2D eigenvalue weighted by atomic mass is 16.5. The molecule has 0 saturated heterocycles. The smallest absolute Gasteiger partial charge is 0.250 e. The van der Waals surface area contributed by atoms with Crippen LogP contribution >= 0.6 is 0 Å². The molecule has 0 unspecified atom stereocenters. The molecular weight excluding hydrogens is 476 g/mol. The van der Waals surface area contributed by atoms with Gasteiger partial charge in [0.15, 0.2) is 6.04 Å². The first-order valence-corrected chi connectivity index (χ1v) is 12.2. The molecule has 1 atom stereocenters. The van der Waals surface area contributed by atoms with Crippen molar-refractivity contribution in [1.82, 2.24) is 30.4 Å². The molecule has 1 N–H and O–H groups in total. The molecular formula is C26H28N6O5. The standard InChI is InChI=1S/C26H28N6O5/c1-35-20-12-10-18(11-13-20)25-28-30-32(29-25)17-23(33)31(16-21-8-4-14-36-21)24(22-9-5-15-37-22)26(34)27-19-6-2-3-7-19/h4-5,8-15,19,24H,2-3,6-7,16-17H2,1H3,(H,27,34)/t24-/m0/s1. The number of nitrogens with one attached hydrogen (secondary N) is 1. The number of aromatic nitrogens is 4. The van der Waals surface area contributed by atoms with E-state index in [-0.39, 0.29) is 25.0 Å². The lowest BCUT2D eigenvalue weighted by atomic mass is 10.1. The van der Waals surface area contributed by atoms with Gasteiger partial charge in [0.1, 0.15) is 23.8 Å². The van der Waals surface area contributed by atoms with Gasteiger partial charge in [0.05, 0.1) is 26.2 Å². The van der Waals surface area contributed by atoms with Crippen LogP contribution in [0.3, 0.4) is 0 Å². The maximum Gasteiger partial charge on any atom is 0.250 e. The Morgan fingerprint density at radius 2 is 1.86 bits per heavy atom. The van der Waals surface area contributed by atoms with Gasteiger partial charge in [-0.05, 0) is 66.6 Å². The molecule has 1 saturated carbocycles. The highest BCUT2D eigenvalue weighted by molar-refractivity contribution is 5.88. The average Bonchev–Trinajstić information content (AvgIpc) is 3.73. The molecule has 0 aliphatic heterocycles. The van der Waals surface area contributed by atoms with Crippen LogP contribution in [0.5, 0.6) is 5.75 Å². The third-order valence-electron chi connectivity index (χ3n) is 6.38. The molecule has 1 aliphatic carbocycles. The summed E-state index contributed by atoms with van der Waals surface area (Å²) in [4.78, 5) is 29.8. The van der Waals surface area contributed by atoms with E-state index in [2.05, 4.69) is 20.7 Å². The van der Waals surface area contributed by atoms with Gasteiger partial charge in [0.25, 0.3) is 5.91 Å². The summed E-state index contributed by atoms with van der Waals surface area (Å²) in [6.07, 6.45) is 6.98. The Hall–Kier alpha value is -4.41. The molecule has 2 amide bonds. The fraction of sp³-hybridized carbons (Fsp3) is 0.346. The molecule has 3 aromatic heterocycles. The molecule has 5 rings (SSSR count). The summed E-state index contributed by atoms with van der Waals surface area (Å²) >= 11 is 0. The van der Waals surface area contributed by atoms with Crippen molar-refractivity contribution in [2.75, 3.05) is 7.11 Å². The number of benzene rings is 1. The van der Waals surface area contributed by atoms with E-state index >= 15 is 0 Å². The fourth-order valence-electron chi connectivity index (χ4n) is 4.49. The Kier molecular flexibility index (Phi) is 7.29. The van der Waals surface area contributed by atoms with Crippen LogP contribution in [0.25, 0.3) is 11.4 Å². The maximum atomic E-state index is 13.7. The summed E-state index contributed by atoms with van der Waals surface area (Å²) in [5.41, 5.74) is 0.733. The second-order valence-electron chi connectivity index (χ2n) is 8.88. The summed E-state index contributed by atoms with van der Waals surface area (Å²) in [7, 11) is 1.59. The Labute approximate surface area is 213 Å². The second-order valence-corrected chi connectivity index (χ2v) is 8.88. The van der Waals surface area contributed by atoms with Crippen LogP contribution in [-0.4, -0.2) is 50.1 Å². The number of furan rings is 2. The predicted molar refractivity (Wildman–Crippen MR) is 131 cm³/mol. The predicted octanol–water partition coefficient (Wildman–Crippen LogP) is 3.36. The molecule has 192 valence electrons. The van der Waals surface area contributed by atoms with E-state index < -0.39 is 11.9 Å². The molecule has 3 heterocycles. The monoisotopic (exact) mass is 504 g/mol. The zero-order valence-electron chi connectivity index (χ0n) is 20.4. The van der Waals surface area contributed by atoms with Gasteiger partial charge < -0.3 is 23.8 Å². The molecule has 11 heteroatoms. The first-order valence-electron chi connectivity index (χ1n) is 12.2. The van der Waals surface area contributed by atoms with Gasteiger partial charge in [-0.15, -0.1) is 10.2 Å². The molecule has 0 bridgehead atoms. The van der Waals surface area contributed by atoms with Gasteiger partial charge in [-0.1, -0.05) is 12.8 Å². The number of tetrazole rings is 1. The average molecular weight is 505 g/mol. The number of carbonyl (C=O) groups excluding carboxylic acids is 2. The van der Waals surface area contributed by atoms with Crippen molar-refractivity contribution in [1.29, 1.82) is 0 Å². The van der Waals surface area contributed by atoms with Crippen LogP contribution in [0.15, 0.2) is 69.9 Å². The SMILES string of the molecule is COc1ccc(-c2nnn(CC(=O)N(Cc3ccco3)[C@H](C(=O)NC3CCCC3)c3ccco3)n2)cc1. The number of rotatable bonds is 10. The molecule has 1 aliphatic rings. The lowest BCUT2D eigenvalue weighted by Gasteiger charge is -2.30. The highest BCUT2D eigenvalue weighted by Crippen LogP contribution is 2.27. The van der Waals surface area contributed by atoms with Crippen LogP contribution in [0, 0.1) is 0 Å². The van der Waals surface area contributed by atoms with Crippen LogP contribution in [0.1, 0.15) is 43.2 Å². The highest BCUT2D eigenvalue weighted by Gasteiger charge is 2.36. The van der Waals surface area contributed by atoms with Crippen LogP contribution in [0.2, 0.25) is 0 Å². The molecule has 1 fully saturated rings. The van der Waals surface area contributed by atoms with Crippen molar-refractivity contribution < 1.29 is 23.2 Å². The van der Waals surface area contributed by atoms with Crippen LogP contribution in [-0.2, 0) is 22.7 Å². The normalized spacial score (nSPS) is 14.4. The quantitative estimate of drug-likeness (QED) is 0.348. The van der Waals surface area contributed by atoms with E-state index in [4.69, 9.17) is 13.6 Å². The molecule has 37 heavy (non-hydrogen) atoms. The fourth-order valence-corrected chi connectivity index (χ4v) is 4.49. The minimum absolute atomic E-state index is 0.0648. The minimum Gasteiger partial charge on any atom is -0.497 e. The van der Waals surface area contributed by atoms with Gasteiger partial charge >= 0.3 is 0 Å². The number of amides is 2. The van der Waals surface area contributed by atoms with E-state index in [0.29, 0.717) is 23.1 Å². The number of methoxy groups -OCH3 is 1. The first kappa shape index (κ1) is 24.3. The van der Waals surface area contributed by atoms with Crippen molar-refractivity contribution in [2.45, 2.75) is 50.9 Å². The Balaban J connectivity index is 1.39. The second kappa shape index (κ2) is 11.1. The van der Waals surface area contributed by atoms with Gasteiger partial charge in [-0.2, -0.15) is 4.80 Å². The Morgan fingerprint density at radius 3 is 2.54 bits per heavy atom. The third-order valence-corrected chi connectivity index (χ3v) is 6.38. The summed E-state index contributed by atoms with van der Waals surface area (Å²) < 4.78 is 16.3. The molecule has 0 spiro atoms. The lowest BCUT2D eigenvalue weighted by Crippen LogP contribution is -2.46. The van der Waals surface area contributed by atoms with Crippen molar-refractivity contribution >= 4 is 11.8 Å². The van der Waals surface area contributed by atoms with Crippen molar-refractivity contribution in [3.8, 4) is 17.1 Å². The van der Waals surface area contributed by atoms with Crippen molar-refractivity contribution in [3.05, 3.63) is 72.6 Å². The van der Waals surface area contributed by atoms with E-state index in [9.17, 15) is 9.59 Å². The zero-order valence-corrected chi connectivity index (χ0v) is 20.4. The summed E-state index contributed by atoms with van der Waals surface area (Å²) in [6, 6.07) is 13.2. The van der Waals surface area contributed by atoms with E-state index in [1.165, 1.54) is 22.2 Å². The summed E-state index contributed by atoms with van der Waals surface area (Å²) in [6.45, 7) is -0.160. The van der Waals surface area contributed by atoms with Crippen LogP contribution in [0.4, 0.5) is 0 Å². The summed E-state index contributed by atoms with van der Waals surface area (Å²) in [5.74, 6) is 1.28. The molecule has 0 radical (unpaired) electrons. The van der Waals surface area contributed by atoms with E-state index in [1.807, 2.05) is 12.1 Å². The van der Waals surface area contributed by atoms with Gasteiger partial charge in [-0.3, -0.25) is 9.59 Å².